The summed E-state index contributed by atoms with van der Waals surface area (Å²) in [6.45, 7) is 0. The van der Waals surface area contributed by atoms with E-state index in [1.54, 1.807) is 0 Å². The van der Waals surface area contributed by atoms with Crippen LogP contribution < -0.4 is 0 Å². The van der Waals surface area contributed by atoms with E-state index in [1.165, 1.54) is 0 Å². The lowest BCUT2D eigenvalue weighted by molar-refractivity contribution is 0.0639. The van der Waals surface area contributed by atoms with Crippen LogP contribution in [-0.2, 0) is 18.9 Å². The van der Waals surface area contributed by atoms with E-state index in [0.29, 0.717) is 0 Å². The van der Waals surface area contributed by atoms with Crippen molar-refractivity contribution >= 4 is 82.6 Å². The molecule has 0 saturated heterocycles. The molecule has 0 fully saturated rings. The highest BCUT2D eigenvalue weighted by Crippen LogP contribution is 2.42. The number of carbonyl (C=O) groups excluding carboxylic acids is 6. The Morgan fingerprint density at radius 1 is 0.500 bits per heavy atom. The Morgan fingerprint density at radius 3 is 0.844 bits per heavy atom. The summed E-state index contributed by atoms with van der Waals surface area (Å²) in [6.07, 6.45) is -5.87. The first kappa shape index (κ1) is 27.2. The summed E-state index contributed by atoms with van der Waals surface area (Å²) < 4.78 is 17.4. The first-order chi connectivity index (χ1) is 14.9. The lowest BCUT2D eigenvalue weighted by Gasteiger charge is -2.21. The van der Waals surface area contributed by atoms with Gasteiger partial charge in [0, 0.05) is 0 Å². The number of methoxy groups -OCH3 is 4. The molecule has 12 nitrogen and oxygen atoms in total. The number of hydrogen-bond donors (Lipinski definition) is 0. The Balaban J connectivity index is 3.78. The summed E-state index contributed by atoms with van der Waals surface area (Å²) >= 11 is 24.2. The molecule has 0 bridgehead atoms. The van der Waals surface area contributed by atoms with Gasteiger partial charge in [0.25, 0.3) is 11.8 Å². The molecule has 16 heteroatoms. The van der Waals surface area contributed by atoms with Crippen LogP contribution in [0.3, 0.4) is 0 Å². The average molecular weight is 534 g/mol. The molecule has 0 aliphatic rings. The summed E-state index contributed by atoms with van der Waals surface area (Å²) in [5, 5.41) is -3.05. The van der Waals surface area contributed by atoms with Crippen molar-refractivity contribution in [2.24, 2.45) is 0 Å². The second kappa shape index (κ2) is 11.2. The van der Waals surface area contributed by atoms with Gasteiger partial charge in [-0.2, -0.15) is 0 Å². The molecule has 0 aromatic heterocycles. The van der Waals surface area contributed by atoms with E-state index in [-0.39, 0.29) is 9.80 Å². The standard InChI is InChI=1S/C16H12Cl4N2O10/c1-29-13(25)21(14(26)30-2)11(23)5-7(17)9(19)6(10(20)8(5)18)12(24)22(15(27)31-3)16(28)32-4/h1-4H3. The van der Waals surface area contributed by atoms with E-state index in [9.17, 15) is 28.8 Å². The number of rotatable bonds is 2. The van der Waals surface area contributed by atoms with E-state index in [2.05, 4.69) is 18.9 Å². The number of nitrogens with zero attached hydrogens (tertiary/aromatic N) is 2. The van der Waals surface area contributed by atoms with Crippen LogP contribution in [0.2, 0.25) is 20.1 Å². The third-order valence-corrected chi connectivity index (χ3v) is 5.23. The van der Waals surface area contributed by atoms with Gasteiger partial charge in [0.2, 0.25) is 0 Å². The highest BCUT2D eigenvalue weighted by Gasteiger charge is 2.40. The molecule has 6 amide bonds. The monoisotopic (exact) mass is 532 g/mol. The number of amides is 6. The van der Waals surface area contributed by atoms with Gasteiger partial charge < -0.3 is 18.9 Å². The number of hydrogen-bond acceptors (Lipinski definition) is 10. The molecule has 1 aromatic carbocycles. The van der Waals surface area contributed by atoms with E-state index < -0.39 is 67.4 Å². The van der Waals surface area contributed by atoms with Gasteiger partial charge in [-0.15, -0.1) is 9.80 Å². The molecule has 0 atom stereocenters. The van der Waals surface area contributed by atoms with Gasteiger partial charge in [0.1, 0.15) is 0 Å². The maximum Gasteiger partial charge on any atom is 0.426 e. The van der Waals surface area contributed by atoms with Gasteiger partial charge in [0.05, 0.1) is 59.7 Å². The lowest BCUT2D eigenvalue weighted by atomic mass is 10.1. The Bertz CT molecular complexity index is 873. The zero-order chi connectivity index (χ0) is 24.9. The fourth-order valence-electron chi connectivity index (χ4n) is 2.08. The first-order valence-corrected chi connectivity index (χ1v) is 9.28. The molecule has 0 spiro atoms. The van der Waals surface area contributed by atoms with Crippen molar-refractivity contribution in [3.8, 4) is 0 Å². The number of ether oxygens (including phenoxy) is 4. The van der Waals surface area contributed by atoms with Gasteiger partial charge in [0.15, 0.2) is 0 Å². The third kappa shape index (κ3) is 4.99. The van der Waals surface area contributed by atoms with E-state index >= 15 is 0 Å². The number of imide groups is 6. The Labute approximate surface area is 199 Å². The van der Waals surface area contributed by atoms with Crippen LogP contribution in [0.1, 0.15) is 20.7 Å². The minimum Gasteiger partial charge on any atom is -0.452 e. The summed E-state index contributed by atoms with van der Waals surface area (Å²) in [5.74, 6) is -2.95. The zero-order valence-corrected chi connectivity index (χ0v) is 19.5. The number of carbonyl (C=O) groups is 6. The molecule has 174 valence electrons. The van der Waals surface area contributed by atoms with Gasteiger partial charge in [-0.25, -0.2) is 19.2 Å². The van der Waals surface area contributed by atoms with Crippen LogP contribution in [0.25, 0.3) is 0 Å². The van der Waals surface area contributed by atoms with Crippen molar-refractivity contribution in [3.05, 3.63) is 31.2 Å². The highest BCUT2D eigenvalue weighted by atomic mass is 35.5. The molecule has 0 N–H and O–H groups in total. The normalized spacial score (nSPS) is 10.0. The molecule has 0 aliphatic heterocycles. The molecular formula is C16H12Cl4N2O10. The molecule has 1 aromatic rings. The van der Waals surface area contributed by atoms with Gasteiger partial charge in [-0.1, -0.05) is 46.4 Å². The van der Waals surface area contributed by atoms with Crippen molar-refractivity contribution in [1.29, 1.82) is 0 Å². The molecular weight excluding hydrogens is 522 g/mol. The minimum absolute atomic E-state index is 0.115. The van der Waals surface area contributed by atoms with Crippen LogP contribution >= 0.6 is 46.4 Å². The second-order valence-electron chi connectivity index (χ2n) is 5.17. The van der Waals surface area contributed by atoms with Gasteiger partial charge in [-0.3, -0.25) is 9.59 Å². The fraction of sp³-hybridized carbons (Fsp3) is 0.250. The van der Waals surface area contributed by atoms with Crippen LogP contribution in [0, 0.1) is 0 Å². The maximum absolute atomic E-state index is 12.8. The summed E-state index contributed by atoms with van der Waals surface area (Å²) in [5.41, 5.74) is -1.59. The SMILES string of the molecule is COC(=O)N(C(=O)OC)C(=O)c1c(Cl)c(Cl)c(C(=O)N(C(=O)OC)C(=O)OC)c(Cl)c1Cl. The number of benzene rings is 1. The van der Waals surface area contributed by atoms with Crippen LogP contribution in [0.15, 0.2) is 0 Å². The Morgan fingerprint density at radius 2 is 0.688 bits per heavy atom. The van der Waals surface area contributed by atoms with Crippen molar-refractivity contribution in [3.63, 3.8) is 0 Å². The van der Waals surface area contributed by atoms with E-state index in [1.807, 2.05) is 0 Å². The summed E-state index contributed by atoms with van der Waals surface area (Å²) in [4.78, 5) is 72.9. The first-order valence-electron chi connectivity index (χ1n) is 7.77. The van der Waals surface area contributed by atoms with Crippen LogP contribution in [-0.4, -0.2) is 74.4 Å². The molecule has 32 heavy (non-hydrogen) atoms. The molecule has 0 unspecified atom stereocenters. The minimum atomic E-state index is -1.47. The Hall–Kier alpha value is -2.80. The van der Waals surface area contributed by atoms with Crippen molar-refractivity contribution in [1.82, 2.24) is 9.80 Å². The maximum atomic E-state index is 12.8. The molecule has 0 radical (unpaired) electrons. The second-order valence-corrected chi connectivity index (χ2v) is 6.68. The molecule has 0 saturated carbocycles. The van der Waals surface area contributed by atoms with Gasteiger partial charge >= 0.3 is 24.4 Å². The van der Waals surface area contributed by atoms with E-state index in [0.717, 1.165) is 28.4 Å². The smallest absolute Gasteiger partial charge is 0.426 e. The quantitative estimate of drug-likeness (QED) is 0.399. The number of halogens is 4. The predicted octanol–water partition coefficient (Wildman–Crippen LogP) is 4.25. The summed E-state index contributed by atoms with van der Waals surface area (Å²) in [6, 6.07) is 0. The lowest BCUT2D eigenvalue weighted by Crippen LogP contribution is -2.43. The van der Waals surface area contributed by atoms with Gasteiger partial charge in [-0.05, 0) is 0 Å². The van der Waals surface area contributed by atoms with Crippen molar-refractivity contribution in [2.75, 3.05) is 28.4 Å². The van der Waals surface area contributed by atoms with Crippen LogP contribution in [0.4, 0.5) is 19.2 Å². The fourth-order valence-corrected chi connectivity index (χ4v) is 3.25. The Kier molecular flexibility index (Phi) is 9.51. The average Bonchev–Trinajstić information content (AvgIpc) is 2.77. The molecule has 1 rings (SSSR count). The largest absolute Gasteiger partial charge is 0.452 e. The predicted molar refractivity (Wildman–Crippen MR) is 108 cm³/mol. The molecule has 0 aliphatic carbocycles. The van der Waals surface area contributed by atoms with Crippen LogP contribution in [0.5, 0.6) is 0 Å². The molecule has 0 heterocycles. The topological polar surface area (TPSA) is 146 Å². The van der Waals surface area contributed by atoms with Crippen molar-refractivity contribution < 1.29 is 47.7 Å². The third-order valence-electron chi connectivity index (χ3n) is 3.53. The summed E-state index contributed by atoms with van der Waals surface area (Å²) in [7, 11) is 3.46. The van der Waals surface area contributed by atoms with E-state index in [4.69, 9.17) is 46.4 Å². The van der Waals surface area contributed by atoms with Crippen molar-refractivity contribution in [2.45, 2.75) is 0 Å². The highest BCUT2D eigenvalue weighted by molar-refractivity contribution is 6.53. The zero-order valence-electron chi connectivity index (χ0n) is 16.5.